The van der Waals surface area contributed by atoms with Crippen LogP contribution in [0, 0.1) is 13.8 Å². The van der Waals surface area contributed by atoms with E-state index < -0.39 is 0 Å². The van der Waals surface area contributed by atoms with Crippen molar-refractivity contribution in [1.29, 1.82) is 0 Å². The number of thioether (sulfide) groups is 20. The summed E-state index contributed by atoms with van der Waals surface area (Å²) in [6, 6.07) is 18.4. The minimum atomic E-state index is 1.24. The van der Waals surface area contributed by atoms with Gasteiger partial charge in [-0.3, -0.25) is 0 Å². The second kappa shape index (κ2) is 28.2. The van der Waals surface area contributed by atoms with Crippen molar-refractivity contribution in [2.24, 2.45) is 0 Å². The third-order valence-electron chi connectivity index (χ3n) is 11.0. The average Bonchev–Trinajstić information content (AvgIpc) is 4.28. The summed E-state index contributed by atoms with van der Waals surface area (Å²) in [4.78, 5) is 5.51. The van der Waals surface area contributed by atoms with Crippen LogP contribution in [0.3, 0.4) is 0 Å². The molecule has 6 heterocycles. The van der Waals surface area contributed by atoms with Crippen molar-refractivity contribution in [3.8, 4) is 0 Å². The summed E-state index contributed by atoms with van der Waals surface area (Å²) in [6.45, 7) is 13.9. The quantitative estimate of drug-likeness (QED) is 0.156. The molecule has 6 aliphatic heterocycles. The van der Waals surface area contributed by atoms with Gasteiger partial charge < -0.3 is 0 Å². The fraction of sp³-hybridized carbons (Fsp3) is 0.269. The van der Waals surface area contributed by atoms with E-state index >= 15 is 0 Å². The molecule has 0 saturated carbocycles. The second-order valence-corrected chi connectivity index (χ2v) is 38.0. The van der Waals surface area contributed by atoms with Gasteiger partial charge in [0.05, 0.1) is 59.3 Å². The van der Waals surface area contributed by atoms with E-state index in [4.69, 9.17) is 0 Å². The molecule has 0 aliphatic carbocycles. The van der Waals surface area contributed by atoms with Crippen LogP contribution in [0.25, 0.3) is 11.1 Å². The first-order valence-electron chi connectivity index (χ1n) is 21.9. The van der Waals surface area contributed by atoms with Crippen LogP contribution in [-0.2, 0) is 0 Å². The van der Waals surface area contributed by atoms with Gasteiger partial charge in [-0.05, 0) is 125 Å². The first kappa shape index (κ1) is 60.2. The van der Waals surface area contributed by atoms with Crippen molar-refractivity contribution in [3.63, 3.8) is 0 Å². The highest BCUT2D eigenvalue weighted by molar-refractivity contribution is 8.43. The van der Waals surface area contributed by atoms with Crippen LogP contribution in [0.15, 0.2) is 162 Å². The van der Waals surface area contributed by atoms with Crippen molar-refractivity contribution in [1.82, 2.24) is 0 Å². The van der Waals surface area contributed by atoms with Crippen LogP contribution in [-0.4, -0.2) is 50.0 Å². The summed E-state index contributed by atoms with van der Waals surface area (Å²) >= 11 is 38.5. The lowest BCUT2D eigenvalue weighted by molar-refractivity contribution is 1.45. The highest BCUT2D eigenvalue weighted by Gasteiger charge is 2.35. The van der Waals surface area contributed by atoms with Gasteiger partial charge in [0, 0.05) is 30.8 Å². The van der Waals surface area contributed by atoms with Gasteiger partial charge in [-0.1, -0.05) is 213 Å². The van der Waals surface area contributed by atoms with Crippen molar-refractivity contribution in [2.45, 2.75) is 41.5 Å². The zero-order valence-corrected chi connectivity index (χ0v) is 58.3. The normalized spacial score (nSPS) is 18.8. The van der Waals surface area contributed by atoms with Crippen LogP contribution < -0.4 is 0 Å². The lowest BCUT2D eigenvalue weighted by atomic mass is 10.0. The van der Waals surface area contributed by atoms with Gasteiger partial charge >= 0.3 is 0 Å². The van der Waals surface area contributed by atoms with Gasteiger partial charge in [0.15, 0.2) is 0 Å². The Labute approximate surface area is 515 Å². The van der Waals surface area contributed by atoms with E-state index in [0.29, 0.717) is 0 Å². The third kappa shape index (κ3) is 13.7. The second-order valence-electron chi connectivity index (χ2n) is 15.6. The molecule has 0 nitrogen and oxygen atoms in total. The van der Waals surface area contributed by atoms with Gasteiger partial charge in [-0.15, -0.1) is 94.1 Å². The van der Waals surface area contributed by atoms with E-state index in [9.17, 15) is 0 Å². The average molecular weight is 1320 g/mol. The molecule has 0 radical (unpaired) electrons. The van der Waals surface area contributed by atoms with Crippen molar-refractivity contribution in [3.05, 3.63) is 184 Å². The van der Waals surface area contributed by atoms with Gasteiger partial charge in [0.2, 0.25) is 0 Å². The summed E-state index contributed by atoms with van der Waals surface area (Å²) < 4.78 is 19.5. The summed E-state index contributed by atoms with van der Waals surface area (Å²) in [5.41, 5.74) is 13.0. The number of rotatable bonds is 16. The maximum Gasteiger partial charge on any atom is 0.0657 e. The van der Waals surface area contributed by atoms with Crippen LogP contribution in [0.2, 0.25) is 0 Å². The first-order chi connectivity index (χ1) is 34.8. The molecule has 0 saturated heterocycles. The van der Waals surface area contributed by atoms with Crippen molar-refractivity contribution >= 4 is 246 Å². The summed E-state index contributed by atoms with van der Waals surface area (Å²) in [5, 5.41) is 0. The summed E-state index contributed by atoms with van der Waals surface area (Å²) in [6.07, 6.45) is 22.6. The maximum absolute atomic E-state index is 2.45. The standard InChI is InChI=1S/C52H52S20/c1-25-15-19-31(20-16-25)33(43-61-35(27(3)39-65-45(53-7)46(54-8)66-39)36(62-43)28(4)40-67-47(55-9)48(56-10)68-40)23-24-34(32-21-17-26(2)18-22-32)44-63-37(29(5)41-69-49(57-11)50(58-12)70-41)38(64-44)30(6)42-71-51(59-13)52(60-14)72-42/h15-24H,1-14H3/b24-23+. The Balaban J connectivity index is 1.28. The molecule has 0 fully saturated rings. The summed E-state index contributed by atoms with van der Waals surface area (Å²) in [7, 11) is 0. The number of aryl methyl sites for hydroxylation is 2. The predicted molar refractivity (Wildman–Crippen MR) is 378 cm³/mol. The molecule has 0 bridgehead atoms. The Morgan fingerprint density at radius 1 is 0.292 bits per heavy atom. The zero-order valence-electron chi connectivity index (χ0n) is 41.9. The van der Waals surface area contributed by atoms with E-state index in [1.807, 2.05) is 235 Å². The van der Waals surface area contributed by atoms with E-state index in [2.05, 4.69) is 152 Å². The SMILES string of the molecule is CSC1=C(SC)SC(=C(C)C2=C(C(C)=C3SC(SC)=C(SC)S3)SC(=C(/C=C/C(=C3SC(C(C)=C4SC(SC)=C(SC)S4)=C(C(C)=C4SC(SC)=C(SC)S4)S3)c3ccc(C)cc3)c3ccc(C)cc3)S2)S1. The highest BCUT2D eigenvalue weighted by atomic mass is 32.3. The predicted octanol–water partition coefficient (Wildman–Crippen LogP) is 24.5. The van der Waals surface area contributed by atoms with Crippen molar-refractivity contribution in [2.75, 3.05) is 50.0 Å². The van der Waals surface area contributed by atoms with E-state index in [0.717, 1.165) is 0 Å². The molecule has 8 rings (SSSR count). The molecule has 0 N–H and O–H groups in total. The monoisotopic (exact) mass is 1320 g/mol. The van der Waals surface area contributed by atoms with Crippen molar-refractivity contribution < 1.29 is 0 Å². The van der Waals surface area contributed by atoms with Crippen LogP contribution >= 0.6 is 235 Å². The van der Waals surface area contributed by atoms with Crippen LogP contribution in [0.1, 0.15) is 49.9 Å². The number of allylic oxidation sites excluding steroid dienone is 8. The number of benzene rings is 2. The molecule has 0 unspecified atom stereocenters. The third-order valence-corrected chi connectivity index (χ3v) is 38.4. The van der Waals surface area contributed by atoms with E-state index in [-0.39, 0.29) is 0 Å². The Hall–Kier alpha value is 2.06. The number of hydrogen-bond donors (Lipinski definition) is 0. The molecular weight excluding hydrogens is 1270 g/mol. The molecule has 0 aromatic heterocycles. The Kier molecular flexibility index (Phi) is 23.5. The molecular formula is C52H52S20. The number of hydrogen-bond acceptors (Lipinski definition) is 20. The largest absolute Gasteiger partial charge is 0.121 e. The molecule has 6 aliphatic rings. The Morgan fingerprint density at radius 3 is 0.667 bits per heavy atom. The van der Waals surface area contributed by atoms with Gasteiger partial charge in [0.1, 0.15) is 0 Å². The zero-order chi connectivity index (χ0) is 51.4. The molecule has 0 amide bonds. The van der Waals surface area contributed by atoms with E-state index in [1.165, 1.54) is 135 Å². The van der Waals surface area contributed by atoms with Gasteiger partial charge in [-0.25, -0.2) is 0 Å². The highest BCUT2D eigenvalue weighted by Crippen LogP contribution is 2.67. The van der Waals surface area contributed by atoms with Crippen LogP contribution in [0.4, 0.5) is 0 Å². The maximum atomic E-state index is 2.45. The fourth-order valence-corrected chi connectivity index (χ4v) is 33.3. The molecule has 0 spiro atoms. The van der Waals surface area contributed by atoms with E-state index in [1.54, 1.807) is 0 Å². The van der Waals surface area contributed by atoms with Crippen LogP contribution in [0.5, 0.6) is 0 Å². The minimum absolute atomic E-state index is 1.24. The molecule has 72 heavy (non-hydrogen) atoms. The Morgan fingerprint density at radius 2 is 0.486 bits per heavy atom. The van der Waals surface area contributed by atoms with Gasteiger partial charge in [0.25, 0.3) is 0 Å². The lowest BCUT2D eigenvalue weighted by Gasteiger charge is -2.12. The Bertz CT molecular complexity index is 2550. The fourth-order valence-electron chi connectivity index (χ4n) is 7.08. The topological polar surface area (TPSA) is 0 Å². The molecule has 380 valence electrons. The molecule has 2 aromatic carbocycles. The van der Waals surface area contributed by atoms with Gasteiger partial charge in [-0.2, -0.15) is 0 Å². The first-order valence-corrected chi connectivity index (χ1v) is 41.4. The molecule has 20 heteroatoms. The smallest absolute Gasteiger partial charge is 0.0657 e. The lowest BCUT2D eigenvalue weighted by Crippen LogP contribution is -1.88. The molecule has 2 aromatic rings. The molecule has 0 atom stereocenters. The minimum Gasteiger partial charge on any atom is -0.121 e. The summed E-state index contributed by atoms with van der Waals surface area (Å²) in [5.74, 6) is 0.